The number of nitrogens with zero attached hydrogens (tertiary/aromatic N) is 1. The monoisotopic (exact) mass is 175 g/mol. The highest BCUT2D eigenvalue weighted by atomic mass is 19.1. The van der Waals surface area contributed by atoms with Crippen molar-refractivity contribution in [2.24, 2.45) is 0 Å². The smallest absolute Gasteiger partial charge is 0.123 e. The van der Waals surface area contributed by atoms with Crippen molar-refractivity contribution < 1.29 is 4.39 Å². The number of nitrogens with one attached hydrogen (secondary N) is 1. The number of H-pyrrole nitrogens is 1. The van der Waals surface area contributed by atoms with Crippen LogP contribution in [0.25, 0.3) is 11.3 Å². The number of aromatic nitrogens is 2. The van der Waals surface area contributed by atoms with Crippen LogP contribution in [-0.2, 0) is 0 Å². The molecule has 1 aromatic carbocycles. The van der Waals surface area contributed by atoms with E-state index in [1.54, 1.807) is 18.3 Å². The van der Waals surface area contributed by atoms with Gasteiger partial charge in [-0.05, 0) is 24.3 Å². The number of imidazole rings is 1. The van der Waals surface area contributed by atoms with Gasteiger partial charge in [-0.3, -0.25) is 0 Å². The molecule has 0 aliphatic heterocycles. The molecule has 1 N–H and O–H groups in total. The summed E-state index contributed by atoms with van der Waals surface area (Å²) in [6.07, 6.45) is 1.75. The van der Waals surface area contributed by atoms with Crippen molar-refractivity contribution in [2.75, 3.05) is 0 Å². The lowest BCUT2D eigenvalue weighted by Crippen LogP contribution is -1.78. The molecule has 2 rings (SSSR count). The molecule has 1 radical (unpaired) electrons. The quantitative estimate of drug-likeness (QED) is 0.708. The SMILES string of the molecule is [CH2]c1nc(-c2ccc(F)cc2)c[nH]1. The summed E-state index contributed by atoms with van der Waals surface area (Å²) in [6, 6.07) is 6.19. The van der Waals surface area contributed by atoms with Crippen molar-refractivity contribution in [1.29, 1.82) is 0 Å². The van der Waals surface area contributed by atoms with E-state index in [2.05, 4.69) is 16.9 Å². The van der Waals surface area contributed by atoms with Crippen LogP contribution in [0.2, 0.25) is 0 Å². The number of hydrogen-bond donors (Lipinski definition) is 1. The van der Waals surface area contributed by atoms with Crippen molar-refractivity contribution in [1.82, 2.24) is 9.97 Å². The highest BCUT2D eigenvalue weighted by Gasteiger charge is 2.00. The Morgan fingerprint density at radius 3 is 2.46 bits per heavy atom. The van der Waals surface area contributed by atoms with E-state index in [-0.39, 0.29) is 5.82 Å². The predicted octanol–water partition coefficient (Wildman–Crippen LogP) is 2.40. The molecule has 0 atom stereocenters. The molecule has 0 bridgehead atoms. The molecule has 0 aliphatic carbocycles. The third-order valence-corrected chi connectivity index (χ3v) is 1.77. The molecule has 0 amide bonds. The average molecular weight is 175 g/mol. The zero-order valence-corrected chi connectivity index (χ0v) is 6.92. The molecule has 0 saturated heterocycles. The van der Waals surface area contributed by atoms with E-state index in [1.165, 1.54) is 12.1 Å². The normalized spacial score (nSPS) is 10.3. The Hall–Kier alpha value is -1.64. The zero-order chi connectivity index (χ0) is 9.26. The number of benzene rings is 1. The molecule has 2 nitrogen and oxygen atoms in total. The molecular formula is C10H8FN2. The minimum Gasteiger partial charge on any atom is -0.348 e. The van der Waals surface area contributed by atoms with E-state index in [0.29, 0.717) is 5.82 Å². The second-order valence-electron chi connectivity index (χ2n) is 2.74. The third-order valence-electron chi connectivity index (χ3n) is 1.77. The summed E-state index contributed by atoms with van der Waals surface area (Å²) in [5.41, 5.74) is 1.66. The van der Waals surface area contributed by atoms with Gasteiger partial charge in [-0.15, -0.1) is 0 Å². The van der Waals surface area contributed by atoms with Crippen LogP contribution in [0.15, 0.2) is 30.5 Å². The van der Waals surface area contributed by atoms with E-state index in [9.17, 15) is 4.39 Å². The van der Waals surface area contributed by atoms with Crippen LogP contribution in [0, 0.1) is 12.7 Å². The highest BCUT2D eigenvalue weighted by molar-refractivity contribution is 5.58. The van der Waals surface area contributed by atoms with E-state index in [4.69, 9.17) is 0 Å². The molecule has 0 spiro atoms. The van der Waals surface area contributed by atoms with Crippen molar-refractivity contribution in [3.05, 3.63) is 49.0 Å². The van der Waals surface area contributed by atoms with Crippen LogP contribution >= 0.6 is 0 Å². The fraction of sp³-hybridized carbons (Fsp3) is 0. The molecule has 0 unspecified atom stereocenters. The van der Waals surface area contributed by atoms with Crippen LogP contribution in [0.3, 0.4) is 0 Å². The van der Waals surface area contributed by atoms with Crippen LogP contribution in [0.1, 0.15) is 5.82 Å². The van der Waals surface area contributed by atoms with Gasteiger partial charge in [-0.1, -0.05) is 0 Å². The number of aromatic amines is 1. The Balaban J connectivity index is 2.41. The maximum Gasteiger partial charge on any atom is 0.123 e. The molecule has 65 valence electrons. The van der Waals surface area contributed by atoms with E-state index < -0.39 is 0 Å². The van der Waals surface area contributed by atoms with Gasteiger partial charge in [0.1, 0.15) is 11.6 Å². The number of halogens is 1. The average Bonchev–Trinajstić information content (AvgIpc) is 2.53. The molecule has 3 heteroatoms. The van der Waals surface area contributed by atoms with Gasteiger partial charge in [-0.25, -0.2) is 9.37 Å². The third kappa shape index (κ3) is 1.59. The lowest BCUT2D eigenvalue weighted by atomic mass is 10.2. The molecule has 0 saturated carbocycles. The summed E-state index contributed by atoms with van der Waals surface area (Å²) < 4.78 is 12.6. The Labute approximate surface area is 75.4 Å². The fourth-order valence-corrected chi connectivity index (χ4v) is 1.13. The molecule has 2 aromatic rings. The maximum absolute atomic E-state index is 12.6. The highest BCUT2D eigenvalue weighted by Crippen LogP contribution is 2.16. The first-order valence-electron chi connectivity index (χ1n) is 3.89. The first kappa shape index (κ1) is 7.98. The van der Waals surface area contributed by atoms with Crippen molar-refractivity contribution in [3.63, 3.8) is 0 Å². The van der Waals surface area contributed by atoms with Crippen LogP contribution in [0.5, 0.6) is 0 Å². The molecule has 1 heterocycles. The Morgan fingerprint density at radius 1 is 1.23 bits per heavy atom. The van der Waals surface area contributed by atoms with Gasteiger partial charge in [0.25, 0.3) is 0 Å². The summed E-state index contributed by atoms with van der Waals surface area (Å²) in [6.45, 7) is 3.64. The Morgan fingerprint density at radius 2 is 1.92 bits per heavy atom. The molecular weight excluding hydrogens is 167 g/mol. The van der Waals surface area contributed by atoms with Crippen LogP contribution < -0.4 is 0 Å². The van der Waals surface area contributed by atoms with E-state index in [0.717, 1.165) is 11.3 Å². The number of rotatable bonds is 1. The Bertz CT molecular complexity index is 403. The van der Waals surface area contributed by atoms with Gasteiger partial charge < -0.3 is 4.98 Å². The molecule has 1 aromatic heterocycles. The van der Waals surface area contributed by atoms with E-state index in [1.807, 2.05) is 0 Å². The van der Waals surface area contributed by atoms with Crippen molar-refractivity contribution in [3.8, 4) is 11.3 Å². The zero-order valence-electron chi connectivity index (χ0n) is 6.92. The Kier molecular flexibility index (Phi) is 1.85. The van der Waals surface area contributed by atoms with Gasteiger partial charge in [0, 0.05) is 18.7 Å². The van der Waals surface area contributed by atoms with Crippen molar-refractivity contribution >= 4 is 0 Å². The minimum absolute atomic E-state index is 0.242. The van der Waals surface area contributed by atoms with Gasteiger partial charge in [0.05, 0.1) is 5.69 Å². The molecule has 0 aliphatic rings. The lowest BCUT2D eigenvalue weighted by Gasteiger charge is -1.94. The first-order valence-corrected chi connectivity index (χ1v) is 3.89. The second-order valence-corrected chi connectivity index (χ2v) is 2.74. The van der Waals surface area contributed by atoms with Crippen LogP contribution in [-0.4, -0.2) is 9.97 Å². The fourth-order valence-electron chi connectivity index (χ4n) is 1.13. The summed E-state index contributed by atoms with van der Waals surface area (Å²) >= 11 is 0. The minimum atomic E-state index is -0.242. The standard InChI is InChI=1S/C10H8FN2/c1-7-12-6-10(13-7)8-2-4-9(11)5-3-8/h2-6H,1H2,(H,12,13). The van der Waals surface area contributed by atoms with Gasteiger partial charge >= 0.3 is 0 Å². The van der Waals surface area contributed by atoms with E-state index >= 15 is 0 Å². The summed E-state index contributed by atoms with van der Waals surface area (Å²) in [5.74, 6) is 0.369. The lowest BCUT2D eigenvalue weighted by molar-refractivity contribution is 0.628. The van der Waals surface area contributed by atoms with Gasteiger partial charge in [0.2, 0.25) is 0 Å². The summed E-state index contributed by atoms with van der Waals surface area (Å²) in [5, 5.41) is 0. The second kappa shape index (κ2) is 3.01. The summed E-state index contributed by atoms with van der Waals surface area (Å²) in [7, 11) is 0. The largest absolute Gasteiger partial charge is 0.348 e. The predicted molar refractivity (Wildman–Crippen MR) is 48.4 cm³/mol. The molecule has 13 heavy (non-hydrogen) atoms. The van der Waals surface area contributed by atoms with Crippen molar-refractivity contribution in [2.45, 2.75) is 0 Å². The number of hydrogen-bond acceptors (Lipinski definition) is 1. The van der Waals surface area contributed by atoms with Gasteiger partial charge in [0.15, 0.2) is 0 Å². The molecule has 0 fully saturated rings. The maximum atomic E-state index is 12.6. The van der Waals surface area contributed by atoms with Crippen LogP contribution in [0.4, 0.5) is 4.39 Å². The van der Waals surface area contributed by atoms with Gasteiger partial charge in [-0.2, -0.15) is 0 Å². The first-order chi connectivity index (χ1) is 6.25. The summed E-state index contributed by atoms with van der Waals surface area (Å²) in [4.78, 5) is 6.99. The topological polar surface area (TPSA) is 28.7 Å².